The van der Waals surface area contributed by atoms with Crippen molar-refractivity contribution in [3.63, 3.8) is 0 Å². The normalized spacial score (nSPS) is 14.0. The highest BCUT2D eigenvalue weighted by Gasteiger charge is 2.36. The summed E-state index contributed by atoms with van der Waals surface area (Å²) in [6.45, 7) is 4.64. The summed E-state index contributed by atoms with van der Waals surface area (Å²) in [4.78, 5) is 0. The second-order valence-corrected chi connectivity index (χ2v) is 9.46. The molecule has 0 amide bonds. The number of nitrogens with one attached hydrogen (secondary N) is 1. The zero-order valence-corrected chi connectivity index (χ0v) is 18.6. The Morgan fingerprint density at radius 1 is 0.576 bits per heavy atom. The summed E-state index contributed by atoms with van der Waals surface area (Å²) in [5.74, 6) is 0. The number of hydrogen-bond donors (Lipinski definition) is 1. The van der Waals surface area contributed by atoms with E-state index in [1.54, 1.807) is 0 Å². The highest BCUT2D eigenvalue weighted by molar-refractivity contribution is 6.20. The van der Waals surface area contributed by atoms with Gasteiger partial charge in [-0.15, -0.1) is 0 Å². The van der Waals surface area contributed by atoms with Crippen molar-refractivity contribution in [2.45, 2.75) is 19.3 Å². The van der Waals surface area contributed by atoms with Gasteiger partial charge in [-0.1, -0.05) is 80.6 Å². The molecule has 2 nitrogen and oxygen atoms in total. The van der Waals surface area contributed by atoms with Gasteiger partial charge < -0.3 is 9.73 Å². The summed E-state index contributed by atoms with van der Waals surface area (Å²) in [7, 11) is 0. The van der Waals surface area contributed by atoms with Gasteiger partial charge in [-0.05, 0) is 52.4 Å². The first-order valence-corrected chi connectivity index (χ1v) is 11.5. The molecule has 0 saturated carbocycles. The maximum absolute atomic E-state index is 6.12. The van der Waals surface area contributed by atoms with E-state index in [2.05, 4.69) is 104 Å². The molecule has 0 spiro atoms. The van der Waals surface area contributed by atoms with E-state index in [4.69, 9.17) is 4.42 Å². The van der Waals surface area contributed by atoms with Gasteiger partial charge in [0.1, 0.15) is 11.2 Å². The first-order chi connectivity index (χ1) is 16.1. The Hall–Kier alpha value is -4.04. The first kappa shape index (κ1) is 18.5. The van der Waals surface area contributed by atoms with Crippen molar-refractivity contribution in [1.29, 1.82) is 0 Å². The molecule has 1 heterocycles. The molecule has 1 aliphatic carbocycles. The van der Waals surface area contributed by atoms with Crippen molar-refractivity contribution < 1.29 is 4.42 Å². The van der Waals surface area contributed by atoms with Gasteiger partial charge in [0.15, 0.2) is 0 Å². The molecule has 0 aliphatic heterocycles. The molecule has 0 radical (unpaired) electrons. The number of anilines is 2. The molecule has 33 heavy (non-hydrogen) atoms. The number of benzene rings is 5. The molecule has 1 aromatic heterocycles. The fourth-order valence-corrected chi connectivity index (χ4v) is 5.69. The molecule has 0 saturated heterocycles. The molecule has 7 rings (SSSR count). The molecule has 0 atom stereocenters. The van der Waals surface area contributed by atoms with Gasteiger partial charge in [0.05, 0.1) is 0 Å². The lowest BCUT2D eigenvalue weighted by Crippen LogP contribution is -2.14. The second kappa shape index (κ2) is 6.49. The molecule has 5 aromatic carbocycles. The average molecular weight is 426 g/mol. The number of furan rings is 1. The van der Waals surface area contributed by atoms with Crippen LogP contribution in [0.3, 0.4) is 0 Å². The third-order valence-electron chi connectivity index (χ3n) is 7.28. The summed E-state index contributed by atoms with van der Waals surface area (Å²) in [5, 5.41) is 8.54. The van der Waals surface area contributed by atoms with Crippen LogP contribution in [0.25, 0.3) is 43.8 Å². The number of hydrogen-bond acceptors (Lipinski definition) is 2. The van der Waals surface area contributed by atoms with E-state index < -0.39 is 0 Å². The molecule has 1 N–H and O–H groups in total. The summed E-state index contributed by atoms with van der Waals surface area (Å²) in [6.07, 6.45) is 0. The second-order valence-electron chi connectivity index (χ2n) is 9.46. The van der Waals surface area contributed by atoms with Gasteiger partial charge in [0, 0.05) is 38.5 Å². The van der Waals surface area contributed by atoms with E-state index >= 15 is 0 Å². The molecular formula is C31H23NO. The highest BCUT2D eigenvalue weighted by atomic mass is 16.3. The van der Waals surface area contributed by atoms with Crippen molar-refractivity contribution in [2.75, 3.05) is 5.32 Å². The Morgan fingerprint density at radius 3 is 2.24 bits per heavy atom. The van der Waals surface area contributed by atoms with Gasteiger partial charge in [0.2, 0.25) is 0 Å². The number of para-hydroxylation sites is 1. The molecule has 0 fully saturated rings. The predicted molar refractivity (Wildman–Crippen MR) is 139 cm³/mol. The average Bonchev–Trinajstić information content (AvgIpc) is 3.33. The van der Waals surface area contributed by atoms with Gasteiger partial charge in [-0.25, -0.2) is 0 Å². The Bertz CT molecular complexity index is 1720. The fraction of sp³-hybridized carbons (Fsp3) is 0.0968. The zero-order valence-electron chi connectivity index (χ0n) is 18.6. The topological polar surface area (TPSA) is 25.2 Å². The van der Waals surface area contributed by atoms with Crippen LogP contribution in [0.2, 0.25) is 0 Å². The smallest absolute Gasteiger partial charge is 0.136 e. The largest absolute Gasteiger partial charge is 0.456 e. The van der Waals surface area contributed by atoms with Crippen LogP contribution < -0.4 is 5.32 Å². The van der Waals surface area contributed by atoms with Crippen molar-refractivity contribution in [3.05, 3.63) is 108 Å². The maximum atomic E-state index is 6.12. The van der Waals surface area contributed by atoms with E-state index in [1.807, 2.05) is 12.1 Å². The van der Waals surface area contributed by atoms with E-state index in [0.717, 1.165) is 27.9 Å². The Kier molecular flexibility index (Phi) is 3.64. The maximum Gasteiger partial charge on any atom is 0.136 e. The Labute approximate surface area is 192 Å². The third kappa shape index (κ3) is 2.49. The van der Waals surface area contributed by atoms with E-state index in [-0.39, 0.29) is 5.41 Å². The molecule has 0 bridgehead atoms. The predicted octanol–water partition coefficient (Wildman–Crippen LogP) is 8.79. The van der Waals surface area contributed by atoms with Gasteiger partial charge in [-0.3, -0.25) is 0 Å². The van der Waals surface area contributed by atoms with Gasteiger partial charge in [-0.2, -0.15) is 0 Å². The molecule has 6 aromatic rings. The zero-order chi connectivity index (χ0) is 22.2. The van der Waals surface area contributed by atoms with E-state index in [1.165, 1.54) is 38.4 Å². The molecular weight excluding hydrogens is 402 g/mol. The van der Waals surface area contributed by atoms with Crippen LogP contribution >= 0.6 is 0 Å². The summed E-state index contributed by atoms with van der Waals surface area (Å²) >= 11 is 0. The molecule has 1 aliphatic rings. The van der Waals surface area contributed by atoms with Crippen LogP contribution in [0.1, 0.15) is 25.0 Å². The standard InChI is InChI=1S/C31H23NO/c1-31(2)23-12-5-3-9-21(23)30-24(31)13-8-15-26(30)32-25-14-7-11-20-19(25)17-18-28-29(20)22-10-4-6-16-27(22)33-28/h3-18,32H,1-2H3. The summed E-state index contributed by atoms with van der Waals surface area (Å²) < 4.78 is 6.12. The van der Waals surface area contributed by atoms with Crippen molar-refractivity contribution in [3.8, 4) is 11.1 Å². The Balaban J connectivity index is 1.45. The van der Waals surface area contributed by atoms with Crippen molar-refractivity contribution >= 4 is 44.1 Å². The SMILES string of the molecule is CC1(C)c2ccccc2-c2c(Nc3cccc4c3ccc3oc5ccccc5c34)cccc21. The van der Waals surface area contributed by atoms with Crippen LogP contribution in [-0.4, -0.2) is 0 Å². The first-order valence-electron chi connectivity index (χ1n) is 11.5. The van der Waals surface area contributed by atoms with Gasteiger partial charge >= 0.3 is 0 Å². The number of rotatable bonds is 2. The molecule has 2 heteroatoms. The minimum Gasteiger partial charge on any atom is -0.456 e. The van der Waals surface area contributed by atoms with Crippen molar-refractivity contribution in [2.24, 2.45) is 0 Å². The lowest BCUT2D eigenvalue weighted by molar-refractivity contribution is 0.660. The monoisotopic (exact) mass is 425 g/mol. The minimum atomic E-state index is -0.00968. The van der Waals surface area contributed by atoms with Crippen LogP contribution in [0.5, 0.6) is 0 Å². The summed E-state index contributed by atoms with van der Waals surface area (Å²) in [6, 6.07) is 34.5. The molecule has 0 unspecified atom stereocenters. The summed E-state index contributed by atoms with van der Waals surface area (Å²) in [5.41, 5.74) is 9.50. The van der Waals surface area contributed by atoms with Crippen LogP contribution in [-0.2, 0) is 5.41 Å². The minimum absolute atomic E-state index is 0.00968. The van der Waals surface area contributed by atoms with Gasteiger partial charge in [0.25, 0.3) is 0 Å². The lowest BCUT2D eigenvalue weighted by atomic mass is 9.82. The quantitative estimate of drug-likeness (QED) is 0.300. The van der Waals surface area contributed by atoms with Crippen molar-refractivity contribution in [1.82, 2.24) is 0 Å². The number of fused-ring (bicyclic) bond motifs is 8. The van der Waals surface area contributed by atoms with E-state index in [9.17, 15) is 0 Å². The molecule has 158 valence electrons. The van der Waals surface area contributed by atoms with Crippen LogP contribution in [0.15, 0.2) is 101 Å². The Morgan fingerprint density at radius 2 is 1.30 bits per heavy atom. The van der Waals surface area contributed by atoms with Crippen LogP contribution in [0.4, 0.5) is 11.4 Å². The van der Waals surface area contributed by atoms with Crippen LogP contribution in [0, 0.1) is 0 Å². The fourth-order valence-electron chi connectivity index (χ4n) is 5.69. The van der Waals surface area contributed by atoms with E-state index in [0.29, 0.717) is 0 Å². The lowest BCUT2D eigenvalue weighted by Gasteiger charge is -2.21. The highest BCUT2D eigenvalue weighted by Crippen LogP contribution is 2.52. The third-order valence-corrected chi connectivity index (χ3v) is 7.28.